The molecule has 167 valence electrons. The lowest BCUT2D eigenvalue weighted by molar-refractivity contribution is -0.129. The summed E-state index contributed by atoms with van der Waals surface area (Å²) in [6, 6.07) is 23.5. The van der Waals surface area contributed by atoms with Gasteiger partial charge in [-0.15, -0.1) is 0 Å². The molecular weight excluding hydrogens is 416 g/mol. The Labute approximate surface area is 192 Å². The number of nitrogens with zero attached hydrogens (tertiary/aromatic N) is 3. The van der Waals surface area contributed by atoms with Crippen LogP contribution < -0.4 is 5.32 Å². The standard InChI is InChI=1S/C26H25N4O3/c1-27-25(32)24-28-26(33-29-24)22(17-18-8-4-3-5-9-18)30(2)23(31)15-13-19-12-14-20-10-6-7-11-21(20)16-19/h3-12,14-16,22H,13,17H2,1-2H3,(H,27,32). The van der Waals surface area contributed by atoms with Crippen LogP contribution >= 0.6 is 0 Å². The molecular formula is C26H25N4O3. The number of carbonyl (C=O) groups excluding carboxylic acids is 2. The molecule has 1 radical (unpaired) electrons. The summed E-state index contributed by atoms with van der Waals surface area (Å²) in [4.78, 5) is 30.8. The zero-order valence-corrected chi connectivity index (χ0v) is 18.6. The third kappa shape index (κ3) is 5.26. The van der Waals surface area contributed by atoms with Gasteiger partial charge in [-0.2, -0.15) is 4.98 Å². The summed E-state index contributed by atoms with van der Waals surface area (Å²) in [7, 11) is 3.20. The second-order valence-electron chi connectivity index (χ2n) is 7.78. The number of hydrogen-bond acceptors (Lipinski definition) is 5. The Morgan fingerprint density at radius 3 is 2.48 bits per heavy atom. The number of fused-ring (bicyclic) bond motifs is 1. The van der Waals surface area contributed by atoms with Gasteiger partial charge in [-0.25, -0.2) is 0 Å². The first-order valence-electron chi connectivity index (χ1n) is 10.7. The zero-order valence-electron chi connectivity index (χ0n) is 18.6. The van der Waals surface area contributed by atoms with Gasteiger partial charge in [0.05, 0.1) is 6.42 Å². The van der Waals surface area contributed by atoms with Gasteiger partial charge in [0.2, 0.25) is 11.8 Å². The van der Waals surface area contributed by atoms with Crippen molar-refractivity contribution in [3.05, 3.63) is 102 Å². The Bertz CT molecular complexity index is 1250. The van der Waals surface area contributed by atoms with Gasteiger partial charge in [0.1, 0.15) is 6.04 Å². The number of likely N-dealkylation sites (N-methyl/N-ethyl adjacent to an activating group) is 1. The van der Waals surface area contributed by atoms with E-state index in [-0.39, 0.29) is 17.6 Å². The third-order valence-electron chi connectivity index (χ3n) is 5.57. The summed E-state index contributed by atoms with van der Waals surface area (Å²) >= 11 is 0. The van der Waals surface area contributed by atoms with E-state index < -0.39 is 11.9 Å². The van der Waals surface area contributed by atoms with Crippen molar-refractivity contribution < 1.29 is 14.1 Å². The van der Waals surface area contributed by atoms with Gasteiger partial charge in [0.15, 0.2) is 0 Å². The minimum atomic E-state index is -0.515. The summed E-state index contributed by atoms with van der Waals surface area (Å²) in [5, 5.41) is 8.54. The molecule has 1 unspecified atom stereocenters. The summed E-state index contributed by atoms with van der Waals surface area (Å²) in [5.41, 5.74) is 2.06. The van der Waals surface area contributed by atoms with Gasteiger partial charge in [-0.1, -0.05) is 78.0 Å². The van der Waals surface area contributed by atoms with Crippen LogP contribution in [0.3, 0.4) is 0 Å². The average Bonchev–Trinajstić information content (AvgIpc) is 3.35. The first kappa shape index (κ1) is 22.2. The molecule has 3 aromatic carbocycles. The summed E-state index contributed by atoms with van der Waals surface area (Å²) in [6.45, 7) is 0. The van der Waals surface area contributed by atoms with E-state index in [0.29, 0.717) is 12.8 Å². The molecule has 1 heterocycles. The quantitative estimate of drug-likeness (QED) is 0.450. The topological polar surface area (TPSA) is 88.3 Å². The smallest absolute Gasteiger partial charge is 0.292 e. The monoisotopic (exact) mass is 441 g/mol. The highest BCUT2D eigenvalue weighted by atomic mass is 16.5. The van der Waals surface area contributed by atoms with Gasteiger partial charge < -0.3 is 14.7 Å². The van der Waals surface area contributed by atoms with Crippen molar-refractivity contribution in [3.63, 3.8) is 0 Å². The Hall–Kier alpha value is -4.00. The van der Waals surface area contributed by atoms with E-state index in [0.717, 1.165) is 21.9 Å². The molecule has 0 fully saturated rings. The Morgan fingerprint density at radius 1 is 1.00 bits per heavy atom. The fourth-order valence-electron chi connectivity index (χ4n) is 3.67. The predicted molar refractivity (Wildman–Crippen MR) is 125 cm³/mol. The van der Waals surface area contributed by atoms with Crippen molar-refractivity contribution in [1.82, 2.24) is 20.4 Å². The molecule has 4 aromatic rings. The second kappa shape index (κ2) is 10.1. The molecule has 0 bridgehead atoms. The van der Waals surface area contributed by atoms with Crippen LogP contribution in [-0.2, 0) is 17.6 Å². The number of benzene rings is 3. The molecule has 1 aromatic heterocycles. The fourth-order valence-corrected chi connectivity index (χ4v) is 3.67. The van der Waals surface area contributed by atoms with Gasteiger partial charge in [0, 0.05) is 20.5 Å². The lowest BCUT2D eigenvalue weighted by Crippen LogP contribution is -2.33. The normalized spacial score (nSPS) is 11.8. The average molecular weight is 442 g/mol. The van der Waals surface area contributed by atoms with E-state index in [4.69, 9.17) is 4.52 Å². The van der Waals surface area contributed by atoms with E-state index in [1.54, 1.807) is 18.4 Å². The molecule has 7 heteroatoms. The maximum atomic E-state index is 13.1. The van der Waals surface area contributed by atoms with Crippen molar-refractivity contribution in [3.8, 4) is 0 Å². The largest absolute Gasteiger partial charge is 0.352 e. The molecule has 0 saturated carbocycles. The molecule has 0 saturated heterocycles. The van der Waals surface area contributed by atoms with Gasteiger partial charge in [-0.3, -0.25) is 9.59 Å². The van der Waals surface area contributed by atoms with E-state index >= 15 is 0 Å². The fraction of sp³-hybridized carbons (Fsp3) is 0.192. The minimum Gasteiger partial charge on any atom is -0.352 e. The lowest BCUT2D eigenvalue weighted by atomic mass is 10.0. The molecule has 0 spiro atoms. The van der Waals surface area contributed by atoms with Crippen LogP contribution in [0.5, 0.6) is 0 Å². The van der Waals surface area contributed by atoms with Crippen LogP contribution in [0.2, 0.25) is 0 Å². The number of aromatic nitrogens is 2. The van der Waals surface area contributed by atoms with E-state index in [1.165, 1.54) is 7.05 Å². The van der Waals surface area contributed by atoms with E-state index in [1.807, 2.05) is 48.5 Å². The van der Waals surface area contributed by atoms with Gasteiger partial charge in [-0.05, 0) is 28.3 Å². The first-order chi connectivity index (χ1) is 16.0. The zero-order chi connectivity index (χ0) is 23.2. The second-order valence-corrected chi connectivity index (χ2v) is 7.78. The number of amides is 2. The highest BCUT2D eigenvalue weighted by molar-refractivity contribution is 5.90. The number of rotatable bonds is 8. The molecule has 33 heavy (non-hydrogen) atoms. The third-order valence-corrected chi connectivity index (χ3v) is 5.57. The molecule has 2 amide bonds. The molecule has 1 N–H and O–H groups in total. The van der Waals surface area contributed by atoms with E-state index in [9.17, 15) is 9.59 Å². The van der Waals surface area contributed by atoms with Crippen molar-refractivity contribution >= 4 is 22.6 Å². The van der Waals surface area contributed by atoms with Crippen molar-refractivity contribution in [2.24, 2.45) is 0 Å². The van der Waals surface area contributed by atoms with Crippen LogP contribution in [0.25, 0.3) is 10.8 Å². The van der Waals surface area contributed by atoms with Crippen LogP contribution in [0.1, 0.15) is 33.7 Å². The summed E-state index contributed by atoms with van der Waals surface area (Å²) in [6.07, 6.45) is 2.62. The number of nitrogens with one attached hydrogen (secondary N) is 1. The maximum absolute atomic E-state index is 13.1. The van der Waals surface area contributed by atoms with Crippen LogP contribution in [-0.4, -0.2) is 41.0 Å². The first-order valence-corrected chi connectivity index (χ1v) is 10.7. The molecule has 4 rings (SSSR count). The molecule has 0 aliphatic carbocycles. The van der Waals surface area contributed by atoms with Crippen LogP contribution in [0.15, 0.2) is 77.3 Å². The maximum Gasteiger partial charge on any atom is 0.292 e. The highest BCUT2D eigenvalue weighted by Crippen LogP contribution is 2.24. The van der Waals surface area contributed by atoms with Crippen molar-refractivity contribution in [2.45, 2.75) is 18.9 Å². The van der Waals surface area contributed by atoms with Gasteiger partial charge in [0.25, 0.3) is 11.7 Å². The van der Waals surface area contributed by atoms with Gasteiger partial charge >= 0.3 is 0 Å². The van der Waals surface area contributed by atoms with Crippen LogP contribution in [0.4, 0.5) is 0 Å². The molecule has 7 nitrogen and oxygen atoms in total. The molecule has 0 aliphatic rings. The minimum absolute atomic E-state index is 0.0634. The SMILES string of the molecule is CNC(=O)c1noc(C(Cc2ccccc2)N(C)C(=O)[CH]Cc2ccc3ccccc3c2)n1. The Kier molecular flexibility index (Phi) is 6.78. The molecule has 1 atom stereocenters. The number of carbonyl (C=O) groups is 2. The molecule has 0 aliphatic heterocycles. The lowest BCUT2D eigenvalue weighted by Gasteiger charge is -2.25. The van der Waals surface area contributed by atoms with Crippen LogP contribution in [0, 0.1) is 6.42 Å². The predicted octanol–water partition coefficient (Wildman–Crippen LogP) is 3.77. The van der Waals surface area contributed by atoms with Crippen molar-refractivity contribution in [2.75, 3.05) is 14.1 Å². The number of hydrogen-bond donors (Lipinski definition) is 1. The Balaban J connectivity index is 1.51. The van der Waals surface area contributed by atoms with Crippen molar-refractivity contribution in [1.29, 1.82) is 0 Å². The highest BCUT2D eigenvalue weighted by Gasteiger charge is 2.28. The summed E-state index contributed by atoms with van der Waals surface area (Å²) < 4.78 is 5.37. The Morgan fingerprint density at radius 2 is 1.73 bits per heavy atom. The summed E-state index contributed by atoms with van der Waals surface area (Å²) in [5.74, 6) is -0.456. The van der Waals surface area contributed by atoms with E-state index in [2.05, 4.69) is 39.7 Å².